The van der Waals surface area contributed by atoms with Gasteiger partial charge in [-0.25, -0.2) is 0 Å². The molecule has 0 aliphatic heterocycles. The minimum Gasteiger partial charge on any atom is -0.172 e. The summed E-state index contributed by atoms with van der Waals surface area (Å²) in [5.74, 6) is 0. The van der Waals surface area contributed by atoms with Gasteiger partial charge in [0.2, 0.25) is 0 Å². The molecule has 0 aromatic carbocycles. The molecule has 1 atom stereocenters. The zero-order valence-corrected chi connectivity index (χ0v) is 7.87. The van der Waals surface area contributed by atoms with Crippen molar-refractivity contribution < 1.29 is 0 Å². The van der Waals surface area contributed by atoms with Crippen molar-refractivity contribution in [1.29, 1.82) is 0 Å². The third-order valence-corrected chi connectivity index (χ3v) is 1.93. The van der Waals surface area contributed by atoms with Crippen LogP contribution < -0.4 is 0 Å². The lowest BCUT2D eigenvalue weighted by Gasteiger charge is -2.02. The van der Waals surface area contributed by atoms with E-state index in [-0.39, 0.29) is 0 Å². The molecule has 0 aliphatic carbocycles. The number of hydrogen-bond acceptors (Lipinski definition) is 2. The fraction of sp³-hybridized carbons (Fsp3) is 0.500. The summed E-state index contributed by atoms with van der Waals surface area (Å²) in [6.45, 7) is 7.33. The Balaban J connectivity index is 3.19. The van der Waals surface area contributed by atoms with Gasteiger partial charge in [-0.05, 0) is 24.2 Å². The molecule has 0 saturated carbocycles. The van der Waals surface area contributed by atoms with Crippen molar-refractivity contribution in [2.24, 2.45) is 0 Å². The number of rotatable bonds is 5. The van der Waals surface area contributed by atoms with Gasteiger partial charge in [-0.2, -0.15) is 12.6 Å². The van der Waals surface area contributed by atoms with Gasteiger partial charge >= 0.3 is 0 Å². The molecule has 10 heavy (non-hydrogen) atoms. The first-order valence-corrected chi connectivity index (χ1v) is 4.30. The van der Waals surface area contributed by atoms with Crippen LogP contribution >= 0.6 is 25.3 Å². The van der Waals surface area contributed by atoms with E-state index in [2.05, 4.69) is 38.4 Å². The second kappa shape index (κ2) is 5.93. The quantitative estimate of drug-likeness (QED) is 0.464. The first-order valence-electron chi connectivity index (χ1n) is 3.34. The highest BCUT2D eigenvalue weighted by Crippen LogP contribution is 2.12. The van der Waals surface area contributed by atoms with E-state index in [9.17, 15) is 0 Å². The van der Waals surface area contributed by atoms with E-state index in [0.717, 1.165) is 24.2 Å². The van der Waals surface area contributed by atoms with E-state index in [1.807, 2.05) is 6.08 Å². The zero-order chi connectivity index (χ0) is 7.98. The van der Waals surface area contributed by atoms with Crippen molar-refractivity contribution in [1.82, 2.24) is 0 Å². The Morgan fingerprint density at radius 3 is 2.60 bits per heavy atom. The molecule has 0 N–H and O–H groups in total. The smallest absolute Gasteiger partial charge is 0.0194 e. The van der Waals surface area contributed by atoms with Crippen LogP contribution in [0.25, 0.3) is 0 Å². The van der Waals surface area contributed by atoms with Crippen LogP contribution in [0.15, 0.2) is 24.1 Å². The normalized spacial score (nSPS) is 12.6. The molecule has 0 saturated heterocycles. The van der Waals surface area contributed by atoms with Gasteiger partial charge in [-0.15, -0.1) is 19.2 Å². The van der Waals surface area contributed by atoms with E-state index < -0.39 is 0 Å². The molecule has 0 nitrogen and oxygen atoms in total. The third-order valence-electron chi connectivity index (χ3n) is 1.24. The van der Waals surface area contributed by atoms with Crippen LogP contribution in [0.1, 0.15) is 19.3 Å². The van der Waals surface area contributed by atoms with Crippen LogP contribution in [0.3, 0.4) is 0 Å². The van der Waals surface area contributed by atoms with E-state index in [1.54, 1.807) is 0 Å². The van der Waals surface area contributed by atoms with Gasteiger partial charge in [0.25, 0.3) is 0 Å². The molecule has 58 valence electrons. The first-order chi connectivity index (χ1) is 4.66. The van der Waals surface area contributed by atoms with Crippen LogP contribution in [0.2, 0.25) is 0 Å². The van der Waals surface area contributed by atoms with Crippen LogP contribution in [0, 0.1) is 0 Å². The topological polar surface area (TPSA) is 0 Å². The van der Waals surface area contributed by atoms with Gasteiger partial charge in [0, 0.05) is 5.25 Å². The average molecular weight is 174 g/mol. The molecule has 2 heteroatoms. The van der Waals surface area contributed by atoms with E-state index in [0.29, 0.717) is 5.25 Å². The predicted molar refractivity (Wildman–Crippen MR) is 54.9 cm³/mol. The van der Waals surface area contributed by atoms with E-state index in [4.69, 9.17) is 0 Å². The maximum Gasteiger partial charge on any atom is 0.0194 e. The number of thiol groups is 2. The van der Waals surface area contributed by atoms with Crippen LogP contribution in [-0.2, 0) is 0 Å². The van der Waals surface area contributed by atoms with E-state index in [1.165, 1.54) is 0 Å². The first kappa shape index (κ1) is 10.2. The lowest BCUT2D eigenvalue weighted by Crippen LogP contribution is -1.91. The summed E-state index contributed by atoms with van der Waals surface area (Å²) >= 11 is 8.34. The predicted octanol–water partition coefficient (Wildman–Crippen LogP) is 3.08. The van der Waals surface area contributed by atoms with Gasteiger partial charge in [0.05, 0.1) is 0 Å². The second-order valence-electron chi connectivity index (χ2n) is 2.26. The monoisotopic (exact) mass is 174 g/mol. The summed E-state index contributed by atoms with van der Waals surface area (Å²) < 4.78 is 0. The van der Waals surface area contributed by atoms with Crippen LogP contribution in [0.4, 0.5) is 0 Å². The molecule has 0 fully saturated rings. The summed E-state index contributed by atoms with van der Waals surface area (Å²) in [6, 6.07) is 0. The highest BCUT2D eigenvalue weighted by Gasteiger charge is 1.95. The summed E-state index contributed by atoms with van der Waals surface area (Å²) in [5, 5.41) is 0.327. The Kier molecular flexibility index (Phi) is 6.03. The SMILES string of the molecule is C=CC(S)CCCC(=C)S. The summed E-state index contributed by atoms with van der Waals surface area (Å²) in [5.41, 5.74) is 0. The van der Waals surface area contributed by atoms with Gasteiger partial charge in [-0.1, -0.05) is 12.7 Å². The highest BCUT2D eigenvalue weighted by molar-refractivity contribution is 7.84. The van der Waals surface area contributed by atoms with Gasteiger partial charge in [-0.3, -0.25) is 0 Å². The fourth-order valence-electron chi connectivity index (χ4n) is 0.633. The minimum atomic E-state index is 0.327. The molecule has 0 amide bonds. The molecule has 0 heterocycles. The largest absolute Gasteiger partial charge is 0.172 e. The molecule has 0 rings (SSSR count). The molecule has 0 bridgehead atoms. The average Bonchev–Trinajstić information content (AvgIpc) is 1.87. The van der Waals surface area contributed by atoms with Crippen molar-refractivity contribution >= 4 is 25.3 Å². The van der Waals surface area contributed by atoms with Gasteiger partial charge < -0.3 is 0 Å². The minimum absolute atomic E-state index is 0.327. The molecule has 0 aromatic rings. The van der Waals surface area contributed by atoms with Crippen molar-refractivity contribution in [2.75, 3.05) is 0 Å². The standard InChI is InChI=1S/C8H14S2/c1-3-8(10)6-4-5-7(2)9/h3,8-10H,1-2,4-6H2. The Morgan fingerprint density at radius 1 is 1.60 bits per heavy atom. The van der Waals surface area contributed by atoms with Crippen molar-refractivity contribution in [3.8, 4) is 0 Å². The van der Waals surface area contributed by atoms with Gasteiger partial charge in [0.15, 0.2) is 0 Å². The third kappa shape index (κ3) is 6.30. The molecule has 0 aliphatic rings. The van der Waals surface area contributed by atoms with Gasteiger partial charge in [0.1, 0.15) is 0 Å². The van der Waals surface area contributed by atoms with Crippen molar-refractivity contribution in [3.63, 3.8) is 0 Å². The zero-order valence-electron chi connectivity index (χ0n) is 6.08. The Labute approximate surface area is 74.2 Å². The maximum atomic E-state index is 4.26. The molecule has 0 radical (unpaired) electrons. The molecule has 0 aromatic heterocycles. The Morgan fingerprint density at radius 2 is 2.20 bits per heavy atom. The molecule has 1 unspecified atom stereocenters. The summed E-state index contributed by atoms with van der Waals surface area (Å²) in [7, 11) is 0. The molecular formula is C8H14S2. The highest BCUT2D eigenvalue weighted by atomic mass is 32.1. The summed E-state index contributed by atoms with van der Waals surface area (Å²) in [4.78, 5) is 0.949. The van der Waals surface area contributed by atoms with Crippen LogP contribution in [-0.4, -0.2) is 5.25 Å². The Bertz CT molecular complexity index is 118. The Hall–Kier alpha value is 0.180. The number of allylic oxidation sites excluding steroid dienone is 1. The fourth-order valence-corrected chi connectivity index (χ4v) is 0.974. The molecule has 0 spiro atoms. The van der Waals surface area contributed by atoms with E-state index >= 15 is 0 Å². The van der Waals surface area contributed by atoms with Crippen molar-refractivity contribution in [3.05, 3.63) is 24.1 Å². The number of hydrogen-bond donors (Lipinski definition) is 2. The second-order valence-corrected chi connectivity index (χ2v) is 3.56. The lowest BCUT2D eigenvalue weighted by molar-refractivity contribution is 0.772. The van der Waals surface area contributed by atoms with Crippen LogP contribution in [0.5, 0.6) is 0 Å². The molecular weight excluding hydrogens is 160 g/mol. The van der Waals surface area contributed by atoms with Crippen molar-refractivity contribution in [2.45, 2.75) is 24.5 Å². The lowest BCUT2D eigenvalue weighted by atomic mass is 10.2. The maximum absolute atomic E-state index is 4.26. The summed E-state index contributed by atoms with van der Waals surface area (Å²) in [6.07, 6.45) is 4.99.